The van der Waals surface area contributed by atoms with Crippen LogP contribution in [0.3, 0.4) is 0 Å². The Morgan fingerprint density at radius 3 is 2.84 bits per heavy atom. The Bertz CT molecular complexity index is 468. The molecule has 3 rings (SSSR count). The van der Waals surface area contributed by atoms with Crippen LogP contribution < -0.4 is 9.64 Å². The van der Waals surface area contributed by atoms with E-state index in [1.807, 2.05) is 0 Å². The highest BCUT2D eigenvalue weighted by Crippen LogP contribution is 2.48. The molecule has 0 aliphatic heterocycles. The van der Waals surface area contributed by atoms with Gasteiger partial charge in [0.1, 0.15) is 6.33 Å². The number of hydrogen-bond acceptors (Lipinski definition) is 4. The number of fused-ring (bicyclic) bond motifs is 2. The number of aromatic nitrogens is 2. The molecule has 2 saturated carbocycles. The van der Waals surface area contributed by atoms with Gasteiger partial charge in [-0.25, -0.2) is 9.97 Å². The van der Waals surface area contributed by atoms with Gasteiger partial charge in [0.2, 0.25) is 0 Å². The molecule has 0 amide bonds. The van der Waals surface area contributed by atoms with Crippen LogP contribution in [-0.2, 0) is 0 Å². The molecule has 19 heavy (non-hydrogen) atoms. The summed E-state index contributed by atoms with van der Waals surface area (Å²) in [5.41, 5.74) is 0. The number of nitrogens with zero attached hydrogens (tertiary/aromatic N) is 3. The lowest BCUT2D eigenvalue weighted by Crippen LogP contribution is -2.29. The summed E-state index contributed by atoms with van der Waals surface area (Å²) in [5, 5.41) is 0.382. The first-order valence-corrected chi connectivity index (χ1v) is 7.32. The summed E-state index contributed by atoms with van der Waals surface area (Å²) in [6.45, 7) is 1.03. The van der Waals surface area contributed by atoms with E-state index < -0.39 is 0 Å². The maximum Gasteiger partial charge on any atom is 0.199 e. The summed E-state index contributed by atoms with van der Waals surface area (Å²) >= 11 is 6.05. The van der Waals surface area contributed by atoms with Gasteiger partial charge < -0.3 is 9.64 Å². The summed E-state index contributed by atoms with van der Waals surface area (Å²) in [7, 11) is 3.67. The molecule has 1 aromatic heterocycles. The molecule has 0 radical (unpaired) electrons. The van der Waals surface area contributed by atoms with Crippen LogP contribution in [0.5, 0.6) is 5.75 Å². The molecule has 0 N–H and O–H groups in total. The third kappa shape index (κ3) is 2.38. The average Bonchev–Trinajstić information content (AvgIpc) is 3.00. The van der Waals surface area contributed by atoms with Crippen molar-refractivity contribution >= 4 is 17.4 Å². The Morgan fingerprint density at radius 2 is 2.21 bits per heavy atom. The van der Waals surface area contributed by atoms with Crippen LogP contribution in [-0.4, -0.2) is 30.7 Å². The first-order valence-electron chi connectivity index (χ1n) is 6.94. The van der Waals surface area contributed by atoms with Gasteiger partial charge in [-0.1, -0.05) is 18.0 Å². The van der Waals surface area contributed by atoms with E-state index in [0.717, 1.165) is 30.1 Å². The van der Waals surface area contributed by atoms with Gasteiger partial charge >= 0.3 is 0 Å². The number of ether oxygens (including phenoxy) is 1. The molecule has 0 aromatic carbocycles. The minimum absolute atomic E-state index is 0.382. The second-order valence-electron chi connectivity index (χ2n) is 5.84. The second-order valence-corrected chi connectivity index (χ2v) is 6.19. The molecule has 4 nitrogen and oxygen atoms in total. The summed E-state index contributed by atoms with van der Waals surface area (Å²) < 4.78 is 5.33. The van der Waals surface area contributed by atoms with E-state index in [1.165, 1.54) is 32.0 Å². The first kappa shape index (κ1) is 13.0. The van der Waals surface area contributed by atoms with Gasteiger partial charge in [0.25, 0.3) is 0 Å². The molecular weight excluding hydrogens is 262 g/mol. The molecule has 104 valence electrons. The quantitative estimate of drug-likeness (QED) is 0.795. The van der Waals surface area contributed by atoms with Crippen LogP contribution in [0.2, 0.25) is 5.15 Å². The lowest BCUT2D eigenvalue weighted by atomic mass is 9.88. The molecule has 5 heteroatoms. The minimum Gasteiger partial charge on any atom is -0.490 e. The topological polar surface area (TPSA) is 38.3 Å². The van der Waals surface area contributed by atoms with Crippen LogP contribution >= 0.6 is 11.6 Å². The highest BCUT2D eigenvalue weighted by Gasteiger charge is 2.40. The fourth-order valence-electron chi connectivity index (χ4n) is 3.83. The van der Waals surface area contributed by atoms with E-state index >= 15 is 0 Å². The molecule has 2 fully saturated rings. The Morgan fingerprint density at radius 1 is 1.37 bits per heavy atom. The zero-order valence-electron chi connectivity index (χ0n) is 11.5. The normalized spacial score (nSPS) is 28.7. The smallest absolute Gasteiger partial charge is 0.199 e. The Labute approximate surface area is 119 Å². The van der Waals surface area contributed by atoms with Crippen molar-refractivity contribution in [2.75, 3.05) is 25.6 Å². The summed E-state index contributed by atoms with van der Waals surface area (Å²) in [6, 6.07) is 0. The van der Waals surface area contributed by atoms with Gasteiger partial charge in [0, 0.05) is 13.6 Å². The Hall–Kier alpha value is -1.03. The molecule has 1 aromatic rings. The maximum absolute atomic E-state index is 6.05. The number of halogens is 1. The largest absolute Gasteiger partial charge is 0.490 e. The van der Waals surface area contributed by atoms with E-state index in [-0.39, 0.29) is 0 Å². The molecule has 0 spiro atoms. The van der Waals surface area contributed by atoms with Crippen molar-refractivity contribution < 1.29 is 4.74 Å². The van der Waals surface area contributed by atoms with Crippen molar-refractivity contribution in [1.82, 2.24) is 9.97 Å². The monoisotopic (exact) mass is 281 g/mol. The molecule has 3 unspecified atom stereocenters. The standard InChI is InChI=1S/C14H20ClN3O/c1-18(7-11-6-9-3-4-10(11)5-9)14-12(19-2)13(15)16-8-17-14/h8-11H,3-7H2,1-2H3. The predicted octanol–water partition coefficient (Wildman–Crippen LogP) is 3.01. The fraction of sp³-hybridized carbons (Fsp3) is 0.714. The van der Waals surface area contributed by atoms with E-state index in [9.17, 15) is 0 Å². The van der Waals surface area contributed by atoms with Crippen molar-refractivity contribution in [3.05, 3.63) is 11.5 Å². The van der Waals surface area contributed by atoms with Crippen LogP contribution in [0, 0.1) is 17.8 Å². The highest BCUT2D eigenvalue weighted by molar-refractivity contribution is 6.31. The van der Waals surface area contributed by atoms with Crippen molar-refractivity contribution in [3.8, 4) is 5.75 Å². The first-order chi connectivity index (χ1) is 9.19. The maximum atomic E-state index is 6.05. The second kappa shape index (κ2) is 5.16. The van der Waals surface area contributed by atoms with Crippen molar-refractivity contribution in [2.24, 2.45) is 17.8 Å². The molecule has 3 atom stereocenters. The zero-order chi connectivity index (χ0) is 13.4. The van der Waals surface area contributed by atoms with Gasteiger partial charge in [-0.05, 0) is 37.0 Å². The molecule has 0 saturated heterocycles. The average molecular weight is 282 g/mol. The lowest BCUT2D eigenvalue weighted by molar-refractivity contribution is 0.335. The van der Waals surface area contributed by atoms with E-state index in [1.54, 1.807) is 7.11 Å². The summed E-state index contributed by atoms with van der Waals surface area (Å²) in [5.74, 6) is 4.05. The van der Waals surface area contributed by atoms with Crippen LogP contribution in [0.1, 0.15) is 25.7 Å². The van der Waals surface area contributed by atoms with Crippen LogP contribution in [0.4, 0.5) is 5.82 Å². The third-order valence-electron chi connectivity index (χ3n) is 4.70. The van der Waals surface area contributed by atoms with E-state index in [0.29, 0.717) is 10.9 Å². The van der Waals surface area contributed by atoms with Crippen molar-refractivity contribution in [1.29, 1.82) is 0 Å². The van der Waals surface area contributed by atoms with Gasteiger partial charge in [-0.15, -0.1) is 0 Å². The van der Waals surface area contributed by atoms with E-state index in [2.05, 4.69) is 21.9 Å². The number of methoxy groups -OCH3 is 1. The van der Waals surface area contributed by atoms with Crippen LogP contribution in [0.15, 0.2) is 6.33 Å². The molecule has 2 bridgehead atoms. The minimum atomic E-state index is 0.382. The van der Waals surface area contributed by atoms with Crippen LogP contribution in [0.25, 0.3) is 0 Å². The summed E-state index contributed by atoms with van der Waals surface area (Å²) in [6.07, 6.45) is 7.15. The number of hydrogen-bond donors (Lipinski definition) is 0. The number of anilines is 1. The fourth-order valence-corrected chi connectivity index (χ4v) is 4.03. The Balaban J connectivity index is 1.73. The molecule has 1 heterocycles. The van der Waals surface area contributed by atoms with Gasteiger partial charge in [0.05, 0.1) is 7.11 Å². The highest BCUT2D eigenvalue weighted by atomic mass is 35.5. The number of rotatable bonds is 4. The summed E-state index contributed by atoms with van der Waals surface area (Å²) in [4.78, 5) is 10.4. The molecule has 2 aliphatic rings. The molecular formula is C14H20ClN3O. The van der Waals surface area contributed by atoms with E-state index in [4.69, 9.17) is 16.3 Å². The molecule has 2 aliphatic carbocycles. The van der Waals surface area contributed by atoms with Gasteiger partial charge in [-0.3, -0.25) is 0 Å². The van der Waals surface area contributed by atoms with Gasteiger partial charge in [0.15, 0.2) is 16.7 Å². The van der Waals surface area contributed by atoms with Crippen molar-refractivity contribution in [3.63, 3.8) is 0 Å². The predicted molar refractivity (Wildman–Crippen MR) is 75.8 cm³/mol. The van der Waals surface area contributed by atoms with Crippen molar-refractivity contribution in [2.45, 2.75) is 25.7 Å². The van der Waals surface area contributed by atoms with Gasteiger partial charge in [-0.2, -0.15) is 0 Å². The zero-order valence-corrected chi connectivity index (χ0v) is 12.2. The SMILES string of the molecule is COc1c(Cl)ncnc1N(C)CC1CC2CCC1C2. The lowest BCUT2D eigenvalue weighted by Gasteiger charge is -2.28. The Kier molecular flexibility index (Phi) is 3.52. The third-order valence-corrected chi connectivity index (χ3v) is 4.97.